The molecule has 3 nitrogen and oxygen atoms in total. The van der Waals surface area contributed by atoms with Crippen LogP contribution in [0.1, 0.15) is 40.7 Å². The Labute approximate surface area is 131 Å². The zero-order valence-electron chi connectivity index (χ0n) is 12.9. The number of hydrogen-bond donors (Lipinski definition) is 1. The van der Waals surface area contributed by atoms with Crippen molar-refractivity contribution in [3.8, 4) is 0 Å². The molecule has 2 aromatic rings. The number of rotatable bonds is 3. The Balaban J connectivity index is 1.75. The minimum absolute atomic E-state index is 0.120. The van der Waals surface area contributed by atoms with Crippen LogP contribution in [0.2, 0.25) is 0 Å². The number of nitrogens with zero attached hydrogens (tertiary/aromatic N) is 1. The van der Waals surface area contributed by atoms with Crippen LogP contribution in [0.4, 0.5) is 0 Å². The van der Waals surface area contributed by atoms with E-state index in [2.05, 4.69) is 31.2 Å². The molecule has 3 rings (SSSR count). The Morgan fingerprint density at radius 1 is 1.14 bits per heavy atom. The van der Waals surface area contributed by atoms with Crippen molar-refractivity contribution in [1.29, 1.82) is 0 Å². The first kappa shape index (κ1) is 14.8. The first-order valence-electron chi connectivity index (χ1n) is 7.84. The molecule has 0 saturated carbocycles. The third kappa shape index (κ3) is 2.90. The lowest BCUT2D eigenvalue weighted by molar-refractivity contribution is 0.0746. The van der Waals surface area contributed by atoms with E-state index in [4.69, 9.17) is 5.73 Å². The van der Waals surface area contributed by atoms with E-state index in [9.17, 15) is 4.79 Å². The number of likely N-dealkylation sites (tertiary alicyclic amines) is 1. The van der Waals surface area contributed by atoms with Crippen molar-refractivity contribution in [2.24, 2.45) is 5.73 Å². The highest BCUT2D eigenvalue weighted by Crippen LogP contribution is 2.32. The summed E-state index contributed by atoms with van der Waals surface area (Å²) in [5.41, 5.74) is 8.73. The molecule has 1 heterocycles. The summed E-state index contributed by atoms with van der Waals surface area (Å²) in [6, 6.07) is 18.4. The van der Waals surface area contributed by atoms with Crippen LogP contribution in [0.25, 0.3) is 0 Å². The summed E-state index contributed by atoms with van der Waals surface area (Å²) in [6.07, 6.45) is 1.02. The first-order valence-corrected chi connectivity index (χ1v) is 7.84. The van der Waals surface area contributed by atoms with Gasteiger partial charge in [0.15, 0.2) is 0 Å². The van der Waals surface area contributed by atoms with Crippen LogP contribution in [-0.4, -0.2) is 23.4 Å². The molecule has 2 unspecified atom stereocenters. The summed E-state index contributed by atoms with van der Waals surface area (Å²) in [5.74, 6) is 0.554. The van der Waals surface area contributed by atoms with Gasteiger partial charge in [-0.15, -0.1) is 0 Å². The average molecular weight is 294 g/mol. The summed E-state index contributed by atoms with van der Waals surface area (Å²) in [6.45, 7) is 3.43. The summed E-state index contributed by atoms with van der Waals surface area (Å²) in [4.78, 5) is 14.7. The largest absolute Gasteiger partial charge is 0.335 e. The third-order valence-electron chi connectivity index (χ3n) is 4.54. The molecule has 0 aromatic heterocycles. The molecular weight excluding hydrogens is 272 g/mol. The quantitative estimate of drug-likeness (QED) is 0.945. The Bertz CT molecular complexity index is 636. The molecule has 2 aromatic carbocycles. The van der Waals surface area contributed by atoms with Gasteiger partial charge in [0.25, 0.3) is 5.91 Å². The smallest absolute Gasteiger partial charge is 0.254 e. The highest BCUT2D eigenvalue weighted by Gasteiger charge is 2.33. The van der Waals surface area contributed by atoms with Gasteiger partial charge >= 0.3 is 0 Å². The fourth-order valence-electron chi connectivity index (χ4n) is 3.23. The number of hydrogen-bond acceptors (Lipinski definition) is 2. The standard InChI is InChI=1S/C19H22N2O/c1-14-11-18(16-5-3-2-4-6-16)13-21(14)19(22)17-9-7-15(12-20)8-10-17/h2-10,14,18H,11-13,20H2,1H3. The van der Waals surface area contributed by atoms with E-state index >= 15 is 0 Å². The molecule has 1 aliphatic rings. The van der Waals surface area contributed by atoms with E-state index < -0.39 is 0 Å². The molecular formula is C19H22N2O. The van der Waals surface area contributed by atoms with Crippen molar-refractivity contribution in [2.75, 3.05) is 6.54 Å². The van der Waals surface area contributed by atoms with E-state index in [1.54, 1.807) is 0 Å². The van der Waals surface area contributed by atoms with Crippen LogP contribution in [0.5, 0.6) is 0 Å². The van der Waals surface area contributed by atoms with E-state index in [-0.39, 0.29) is 11.9 Å². The summed E-state index contributed by atoms with van der Waals surface area (Å²) >= 11 is 0. The van der Waals surface area contributed by atoms with Crippen molar-refractivity contribution in [3.63, 3.8) is 0 Å². The molecule has 1 amide bonds. The molecule has 1 fully saturated rings. The molecule has 1 aliphatic heterocycles. The number of benzene rings is 2. The first-order chi connectivity index (χ1) is 10.7. The molecule has 0 radical (unpaired) electrons. The maximum Gasteiger partial charge on any atom is 0.254 e. The van der Waals surface area contributed by atoms with Gasteiger partial charge in [0.1, 0.15) is 0 Å². The Hall–Kier alpha value is -2.13. The fourth-order valence-corrected chi connectivity index (χ4v) is 3.23. The summed E-state index contributed by atoms with van der Waals surface area (Å²) < 4.78 is 0. The lowest BCUT2D eigenvalue weighted by atomic mass is 9.97. The SMILES string of the molecule is CC1CC(c2ccccc2)CN1C(=O)c1ccc(CN)cc1. The molecule has 2 atom stereocenters. The lowest BCUT2D eigenvalue weighted by Crippen LogP contribution is -2.33. The predicted octanol–water partition coefficient (Wildman–Crippen LogP) is 3.16. The molecule has 0 bridgehead atoms. The molecule has 22 heavy (non-hydrogen) atoms. The Kier molecular flexibility index (Phi) is 4.25. The van der Waals surface area contributed by atoms with E-state index in [1.165, 1.54) is 5.56 Å². The molecule has 3 heteroatoms. The molecule has 0 spiro atoms. The van der Waals surface area contributed by atoms with Gasteiger partial charge in [-0.3, -0.25) is 4.79 Å². The Morgan fingerprint density at radius 3 is 2.45 bits per heavy atom. The monoisotopic (exact) mass is 294 g/mol. The molecule has 114 valence electrons. The number of carbonyl (C=O) groups excluding carboxylic acids is 1. The van der Waals surface area contributed by atoms with Crippen molar-refractivity contribution in [1.82, 2.24) is 4.90 Å². The van der Waals surface area contributed by atoms with Gasteiger partial charge in [-0.2, -0.15) is 0 Å². The zero-order valence-corrected chi connectivity index (χ0v) is 12.9. The Morgan fingerprint density at radius 2 is 1.82 bits per heavy atom. The molecule has 2 N–H and O–H groups in total. The number of amides is 1. The van der Waals surface area contributed by atoms with E-state index in [0.717, 1.165) is 24.1 Å². The normalized spacial score (nSPS) is 21.1. The topological polar surface area (TPSA) is 46.3 Å². The maximum atomic E-state index is 12.7. The van der Waals surface area contributed by atoms with Gasteiger partial charge in [0.05, 0.1) is 0 Å². The van der Waals surface area contributed by atoms with Crippen LogP contribution in [0, 0.1) is 0 Å². The number of nitrogens with two attached hydrogens (primary N) is 1. The van der Waals surface area contributed by atoms with Gasteiger partial charge in [-0.1, -0.05) is 42.5 Å². The van der Waals surface area contributed by atoms with Crippen LogP contribution < -0.4 is 5.73 Å². The van der Waals surface area contributed by atoms with Crippen LogP contribution in [-0.2, 0) is 6.54 Å². The van der Waals surface area contributed by atoms with Gasteiger partial charge in [0.2, 0.25) is 0 Å². The van der Waals surface area contributed by atoms with Crippen LogP contribution in [0.3, 0.4) is 0 Å². The van der Waals surface area contributed by atoms with Crippen LogP contribution >= 0.6 is 0 Å². The highest BCUT2D eigenvalue weighted by atomic mass is 16.2. The third-order valence-corrected chi connectivity index (χ3v) is 4.54. The minimum Gasteiger partial charge on any atom is -0.335 e. The lowest BCUT2D eigenvalue weighted by Gasteiger charge is -2.21. The maximum absolute atomic E-state index is 12.7. The molecule has 0 aliphatic carbocycles. The van der Waals surface area contributed by atoms with Crippen molar-refractivity contribution < 1.29 is 4.79 Å². The van der Waals surface area contributed by atoms with Crippen molar-refractivity contribution in [3.05, 3.63) is 71.3 Å². The second kappa shape index (κ2) is 6.32. The van der Waals surface area contributed by atoms with E-state index in [0.29, 0.717) is 12.5 Å². The predicted molar refractivity (Wildman–Crippen MR) is 88.6 cm³/mol. The second-order valence-corrected chi connectivity index (χ2v) is 6.05. The van der Waals surface area contributed by atoms with Gasteiger partial charge in [-0.25, -0.2) is 0 Å². The van der Waals surface area contributed by atoms with Gasteiger partial charge in [0, 0.05) is 30.6 Å². The fraction of sp³-hybridized carbons (Fsp3) is 0.316. The van der Waals surface area contributed by atoms with Gasteiger partial charge in [-0.05, 0) is 36.6 Å². The van der Waals surface area contributed by atoms with E-state index in [1.807, 2.05) is 35.2 Å². The highest BCUT2D eigenvalue weighted by molar-refractivity contribution is 5.94. The van der Waals surface area contributed by atoms with Crippen molar-refractivity contribution in [2.45, 2.75) is 31.8 Å². The number of carbonyl (C=O) groups is 1. The van der Waals surface area contributed by atoms with Crippen molar-refractivity contribution >= 4 is 5.91 Å². The molecule has 1 saturated heterocycles. The van der Waals surface area contributed by atoms with Crippen LogP contribution in [0.15, 0.2) is 54.6 Å². The summed E-state index contributed by atoms with van der Waals surface area (Å²) in [7, 11) is 0. The summed E-state index contributed by atoms with van der Waals surface area (Å²) in [5, 5.41) is 0. The zero-order chi connectivity index (χ0) is 15.5. The second-order valence-electron chi connectivity index (χ2n) is 6.05. The average Bonchev–Trinajstić information content (AvgIpc) is 2.97. The minimum atomic E-state index is 0.120. The van der Waals surface area contributed by atoms with Gasteiger partial charge < -0.3 is 10.6 Å².